The summed E-state index contributed by atoms with van der Waals surface area (Å²) in [5.41, 5.74) is 5.83. The largest absolute Gasteiger partial charge is 0.513 e. The summed E-state index contributed by atoms with van der Waals surface area (Å²) in [4.78, 5) is 20.1. The number of rotatable bonds is 6. The molecule has 0 amide bonds. The average Bonchev–Trinajstić information content (AvgIpc) is 2.61. The van der Waals surface area contributed by atoms with Gasteiger partial charge in [0, 0.05) is 35.6 Å². The molecule has 0 saturated carbocycles. The second kappa shape index (κ2) is 9.34. The maximum atomic E-state index is 12.2. The standard InChI is InChI=1S/C14H12N5O7PS2/c15-27(24,25-13(28)16-9-1-5-11(6-2-9)18(20)21)26-14(29)17-10-3-7-12(8-4-10)19(22)23/h1-8H,(H2,15,24)(H,16,28)(H,17,29). The summed E-state index contributed by atoms with van der Waals surface area (Å²) in [7, 11) is -4.25. The number of anilines is 2. The number of benzene rings is 2. The first-order valence-electron chi connectivity index (χ1n) is 7.44. The molecule has 2 aromatic carbocycles. The molecular formula is C14H12N5O7PS2. The van der Waals surface area contributed by atoms with Gasteiger partial charge < -0.3 is 19.7 Å². The van der Waals surface area contributed by atoms with Crippen LogP contribution >= 0.6 is 32.2 Å². The van der Waals surface area contributed by atoms with Crippen molar-refractivity contribution in [3.05, 3.63) is 68.8 Å². The zero-order valence-corrected chi connectivity index (χ0v) is 16.7. The highest BCUT2D eigenvalue weighted by molar-refractivity contribution is 7.81. The highest BCUT2D eigenvalue weighted by atomic mass is 32.1. The monoisotopic (exact) mass is 457 g/mol. The second-order valence-corrected chi connectivity index (χ2v) is 7.34. The third-order valence-electron chi connectivity index (χ3n) is 3.07. The normalized spacial score (nSPS) is 10.5. The van der Waals surface area contributed by atoms with E-state index in [0.717, 1.165) is 0 Å². The fourth-order valence-electron chi connectivity index (χ4n) is 1.86. The Morgan fingerprint density at radius 2 is 1.14 bits per heavy atom. The van der Waals surface area contributed by atoms with Crippen LogP contribution in [-0.2, 0) is 13.6 Å². The molecule has 4 N–H and O–H groups in total. The lowest BCUT2D eigenvalue weighted by Gasteiger charge is -2.17. The van der Waals surface area contributed by atoms with Crippen LogP contribution in [0.3, 0.4) is 0 Å². The van der Waals surface area contributed by atoms with Crippen molar-refractivity contribution >= 4 is 65.3 Å². The molecule has 152 valence electrons. The van der Waals surface area contributed by atoms with E-state index in [1.165, 1.54) is 48.5 Å². The highest BCUT2D eigenvalue weighted by Gasteiger charge is 2.25. The summed E-state index contributed by atoms with van der Waals surface area (Å²) >= 11 is 9.73. The maximum Gasteiger partial charge on any atom is 0.513 e. The Hall–Kier alpha value is -3.19. The topological polar surface area (TPSA) is 172 Å². The molecule has 0 aliphatic carbocycles. The van der Waals surface area contributed by atoms with Gasteiger partial charge >= 0.3 is 7.75 Å². The zero-order valence-electron chi connectivity index (χ0n) is 14.2. The minimum atomic E-state index is -4.25. The number of hydrogen-bond acceptors (Lipinski definition) is 9. The van der Waals surface area contributed by atoms with Crippen molar-refractivity contribution in [2.75, 3.05) is 10.6 Å². The van der Waals surface area contributed by atoms with Crippen molar-refractivity contribution in [3.63, 3.8) is 0 Å². The molecule has 0 spiro atoms. The van der Waals surface area contributed by atoms with E-state index in [9.17, 15) is 24.8 Å². The summed E-state index contributed by atoms with van der Waals surface area (Å²) in [6, 6.07) is 10.3. The molecule has 0 atom stereocenters. The summed E-state index contributed by atoms with van der Waals surface area (Å²) in [6.45, 7) is 0. The zero-order chi connectivity index (χ0) is 21.6. The first-order chi connectivity index (χ1) is 13.6. The van der Waals surface area contributed by atoms with Crippen molar-refractivity contribution < 1.29 is 23.5 Å². The highest BCUT2D eigenvalue weighted by Crippen LogP contribution is 2.40. The molecule has 0 bridgehead atoms. The van der Waals surface area contributed by atoms with Crippen molar-refractivity contribution in [2.24, 2.45) is 5.50 Å². The summed E-state index contributed by atoms with van der Waals surface area (Å²) in [5.74, 6) is 0. The van der Waals surface area contributed by atoms with E-state index in [-0.39, 0.29) is 11.4 Å². The van der Waals surface area contributed by atoms with Gasteiger partial charge in [0.15, 0.2) is 0 Å². The predicted octanol–water partition coefficient (Wildman–Crippen LogP) is 3.70. The van der Waals surface area contributed by atoms with Gasteiger partial charge in [-0.15, -0.1) is 0 Å². The summed E-state index contributed by atoms with van der Waals surface area (Å²) < 4.78 is 21.9. The molecule has 0 unspecified atom stereocenters. The predicted molar refractivity (Wildman–Crippen MR) is 113 cm³/mol. The number of hydrogen-bond donors (Lipinski definition) is 3. The maximum absolute atomic E-state index is 12.2. The molecule has 0 aliphatic heterocycles. The van der Waals surface area contributed by atoms with Crippen LogP contribution in [0.2, 0.25) is 0 Å². The Kier molecular flexibility index (Phi) is 7.12. The number of nitrogens with one attached hydrogen (secondary N) is 2. The van der Waals surface area contributed by atoms with Gasteiger partial charge in [0.25, 0.3) is 21.7 Å². The third-order valence-corrected chi connectivity index (χ3v) is 4.56. The minimum absolute atomic E-state index is 0.127. The number of nitro groups is 2. The SMILES string of the molecule is NP(=O)(OC(=S)Nc1ccc([N+](=O)[O-])cc1)OC(=S)Nc1ccc([N+](=O)[O-])cc1. The molecule has 29 heavy (non-hydrogen) atoms. The van der Waals surface area contributed by atoms with Gasteiger partial charge in [-0.25, -0.2) is 10.1 Å². The molecule has 0 aromatic heterocycles. The number of nitro benzene ring substituents is 2. The third kappa shape index (κ3) is 7.04. The van der Waals surface area contributed by atoms with Gasteiger partial charge in [-0.1, -0.05) is 0 Å². The van der Waals surface area contributed by atoms with Crippen LogP contribution in [0, 0.1) is 20.2 Å². The minimum Gasteiger partial charge on any atom is -0.377 e. The molecule has 0 heterocycles. The van der Waals surface area contributed by atoms with E-state index in [1.54, 1.807) is 0 Å². The molecule has 0 fully saturated rings. The average molecular weight is 457 g/mol. The number of nitrogens with two attached hydrogens (primary N) is 1. The van der Waals surface area contributed by atoms with E-state index in [2.05, 4.69) is 10.6 Å². The van der Waals surface area contributed by atoms with E-state index in [0.29, 0.717) is 11.4 Å². The van der Waals surface area contributed by atoms with E-state index in [1.807, 2.05) is 0 Å². The van der Waals surface area contributed by atoms with Gasteiger partial charge in [0.1, 0.15) is 0 Å². The molecule has 0 aliphatic rings. The van der Waals surface area contributed by atoms with Crippen LogP contribution in [0.1, 0.15) is 0 Å². The molecule has 15 heteroatoms. The van der Waals surface area contributed by atoms with E-state index >= 15 is 0 Å². The Morgan fingerprint density at radius 3 is 1.41 bits per heavy atom. The quantitative estimate of drug-likeness (QED) is 0.249. The van der Waals surface area contributed by atoms with Crippen LogP contribution < -0.4 is 16.1 Å². The molecule has 0 saturated heterocycles. The van der Waals surface area contributed by atoms with Crippen LogP contribution in [0.5, 0.6) is 0 Å². The summed E-state index contributed by atoms with van der Waals surface area (Å²) in [6.07, 6.45) is 0. The van der Waals surface area contributed by atoms with Gasteiger partial charge in [0.2, 0.25) is 0 Å². The molecule has 12 nitrogen and oxygen atoms in total. The molecule has 2 rings (SSSR count). The number of nitrogens with zero attached hydrogens (tertiary/aromatic N) is 2. The smallest absolute Gasteiger partial charge is 0.377 e. The van der Waals surface area contributed by atoms with Gasteiger partial charge in [-0.2, -0.15) is 0 Å². The lowest BCUT2D eigenvalue weighted by molar-refractivity contribution is -0.385. The first-order valence-corrected chi connectivity index (χ1v) is 9.87. The second-order valence-electron chi connectivity index (χ2n) is 5.16. The Balaban J connectivity index is 1.89. The van der Waals surface area contributed by atoms with Gasteiger partial charge in [-0.05, 0) is 48.7 Å². The van der Waals surface area contributed by atoms with Gasteiger partial charge in [0.05, 0.1) is 9.85 Å². The van der Waals surface area contributed by atoms with Crippen molar-refractivity contribution in [2.45, 2.75) is 0 Å². The van der Waals surface area contributed by atoms with E-state index in [4.69, 9.17) is 39.0 Å². The van der Waals surface area contributed by atoms with Gasteiger partial charge in [-0.3, -0.25) is 20.2 Å². The Labute approximate surface area is 173 Å². The first kappa shape index (κ1) is 22.1. The Bertz CT molecular complexity index is 923. The van der Waals surface area contributed by atoms with Crippen LogP contribution in [0.25, 0.3) is 0 Å². The summed E-state index contributed by atoms with van der Waals surface area (Å²) in [5, 5.41) is 25.5. The fraction of sp³-hybridized carbons (Fsp3) is 0. The lowest BCUT2D eigenvalue weighted by Crippen LogP contribution is -2.20. The Morgan fingerprint density at radius 1 is 0.828 bits per heavy atom. The van der Waals surface area contributed by atoms with Crippen molar-refractivity contribution in [3.8, 4) is 0 Å². The number of non-ortho nitro benzene ring substituents is 2. The van der Waals surface area contributed by atoms with Crippen molar-refractivity contribution in [1.82, 2.24) is 0 Å². The number of thiocarbonyl (C=S) groups is 2. The van der Waals surface area contributed by atoms with Crippen LogP contribution in [-0.4, -0.2) is 20.2 Å². The molecular weight excluding hydrogens is 445 g/mol. The molecule has 2 aromatic rings. The molecule has 0 radical (unpaired) electrons. The van der Waals surface area contributed by atoms with Crippen LogP contribution in [0.15, 0.2) is 48.5 Å². The lowest BCUT2D eigenvalue weighted by atomic mass is 10.3. The van der Waals surface area contributed by atoms with Crippen LogP contribution in [0.4, 0.5) is 22.7 Å². The fourth-order valence-corrected chi connectivity index (χ4v) is 3.31. The van der Waals surface area contributed by atoms with Crippen molar-refractivity contribution in [1.29, 1.82) is 0 Å². The van der Waals surface area contributed by atoms with E-state index < -0.39 is 27.9 Å².